The van der Waals surface area contributed by atoms with Crippen molar-refractivity contribution in [1.29, 1.82) is 0 Å². The van der Waals surface area contributed by atoms with Crippen LogP contribution in [0.3, 0.4) is 0 Å². The number of hydrogen-bond acceptors (Lipinski definition) is 6. The largest absolute Gasteiger partial charge is 0.409 e. The van der Waals surface area contributed by atoms with Crippen molar-refractivity contribution in [2.24, 2.45) is 16.8 Å². The fourth-order valence-corrected chi connectivity index (χ4v) is 6.33. The molecule has 3 aromatic rings. The number of nitrogens with two attached hydrogens (primary N) is 1. The highest BCUT2D eigenvalue weighted by Crippen LogP contribution is 2.20. The molecule has 0 radical (unpaired) electrons. The molecule has 0 spiro atoms. The Balaban J connectivity index is 1.58. The van der Waals surface area contributed by atoms with E-state index in [1.807, 2.05) is 38.1 Å². The van der Waals surface area contributed by atoms with Gasteiger partial charge in [-0.1, -0.05) is 86.4 Å². The Labute approximate surface area is 252 Å². The van der Waals surface area contributed by atoms with Gasteiger partial charge in [-0.05, 0) is 53.6 Å². The number of rotatable bonds is 9. The number of fused-ring (bicyclic) bond motifs is 1. The zero-order valence-electron chi connectivity index (χ0n) is 24.6. The molecule has 1 aliphatic heterocycles. The number of hydrazine groups is 1. The van der Waals surface area contributed by atoms with Crippen LogP contribution in [0.4, 0.5) is 4.79 Å². The first kappa shape index (κ1) is 31.8. The molecule has 0 aromatic heterocycles. The monoisotopic (exact) mass is 608 g/mol. The molecule has 230 valence electrons. The van der Waals surface area contributed by atoms with E-state index in [9.17, 15) is 18.0 Å². The third-order valence-corrected chi connectivity index (χ3v) is 8.87. The number of urea groups is 1. The maximum atomic E-state index is 13.7. The lowest BCUT2D eigenvalue weighted by molar-refractivity contribution is -0.127. The molecule has 12 heteroatoms. The Bertz CT molecular complexity index is 1550. The maximum Gasteiger partial charge on any atom is 0.339 e. The average molecular weight is 609 g/mol. The second-order valence-corrected chi connectivity index (χ2v) is 13.0. The predicted molar refractivity (Wildman–Crippen MR) is 166 cm³/mol. The number of amides is 3. The third-order valence-electron chi connectivity index (χ3n) is 7.40. The van der Waals surface area contributed by atoms with Gasteiger partial charge in [0, 0.05) is 18.7 Å². The Hall–Kier alpha value is -4.16. The number of carbonyl (C=O) groups is 2. The molecule has 1 heterocycles. The number of oxime groups is 1. The summed E-state index contributed by atoms with van der Waals surface area (Å²) in [5.74, 6) is -0.696. The zero-order chi connectivity index (χ0) is 31.0. The summed E-state index contributed by atoms with van der Waals surface area (Å²) >= 11 is 0. The highest BCUT2D eigenvalue weighted by Gasteiger charge is 2.30. The second-order valence-electron chi connectivity index (χ2n) is 11.2. The maximum absolute atomic E-state index is 13.7. The molecule has 0 saturated carbocycles. The number of sulfonamides is 1. The Morgan fingerprint density at radius 2 is 1.63 bits per heavy atom. The van der Waals surface area contributed by atoms with E-state index in [2.05, 4.69) is 15.3 Å². The van der Waals surface area contributed by atoms with Gasteiger partial charge in [-0.15, -0.1) is 0 Å². The van der Waals surface area contributed by atoms with E-state index in [0.717, 1.165) is 36.5 Å². The van der Waals surface area contributed by atoms with Gasteiger partial charge in [-0.25, -0.2) is 18.2 Å². The van der Waals surface area contributed by atoms with Gasteiger partial charge in [0.25, 0.3) is 5.91 Å². The van der Waals surface area contributed by atoms with Gasteiger partial charge in [0.2, 0.25) is 10.0 Å². The molecular formula is C31H40N6O5S. The molecule has 1 aliphatic rings. The lowest BCUT2D eigenvalue weighted by Crippen LogP contribution is -2.57. The van der Waals surface area contributed by atoms with Gasteiger partial charge in [0.15, 0.2) is 5.84 Å². The number of nitrogens with one attached hydrogen (secondary N) is 2. The first-order valence-corrected chi connectivity index (χ1v) is 16.0. The van der Waals surface area contributed by atoms with Crippen LogP contribution in [-0.2, 0) is 21.4 Å². The Morgan fingerprint density at radius 1 is 0.977 bits per heavy atom. The Kier molecular flexibility index (Phi) is 10.6. The quantitative estimate of drug-likeness (QED) is 0.124. The number of hydrogen-bond donors (Lipinski definition) is 4. The molecule has 11 nitrogen and oxygen atoms in total. The normalized spacial score (nSPS) is 15.2. The van der Waals surface area contributed by atoms with E-state index in [0.29, 0.717) is 24.2 Å². The van der Waals surface area contributed by atoms with E-state index in [4.69, 9.17) is 10.9 Å². The highest BCUT2D eigenvalue weighted by atomic mass is 32.2. The van der Waals surface area contributed by atoms with Crippen LogP contribution in [0.1, 0.15) is 57.1 Å². The number of nitrogens with zero attached hydrogens (tertiary/aromatic N) is 3. The summed E-state index contributed by atoms with van der Waals surface area (Å²) in [6, 6.07) is 17.5. The van der Waals surface area contributed by atoms with E-state index >= 15 is 0 Å². The number of likely N-dealkylation sites (tertiary alicyclic amines) is 1. The minimum atomic E-state index is -4.07. The van der Waals surface area contributed by atoms with Gasteiger partial charge < -0.3 is 15.8 Å². The smallest absolute Gasteiger partial charge is 0.339 e. The standard InChI is InChI=1S/C31H40N6O5S/c1-22(2)19-28(35-43(41,42)27-16-15-24-9-5-6-10-26(24)20-27)30(38)33-37(31(39)36-17-7-3-4-8-18-36)21-23-11-13-25(14-12-23)29(32)34-40/h5-6,9-16,20,22,28,35,40H,3-4,7-8,17-19,21H2,1-2H3,(H2,32,34)(H,33,38). The summed E-state index contributed by atoms with van der Waals surface area (Å²) < 4.78 is 29.5. The van der Waals surface area contributed by atoms with Crippen LogP contribution in [-0.4, -0.2) is 60.4 Å². The third kappa shape index (κ3) is 8.45. The summed E-state index contributed by atoms with van der Waals surface area (Å²) in [5, 5.41) is 14.9. The molecule has 43 heavy (non-hydrogen) atoms. The highest BCUT2D eigenvalue weighted by molar-refractivity contribution is 7.89. The Morgan fingerprint density at radius 3 is 2.26 bits per heavy atom. The molecule has 5 N–H and O–H groups in total. The van der Waals surface area contributed by atoms with Gasteiger partial charge in [-0.3, -0.25) is 10.2 Å². The minimum absolute atomic E-state index is 0.0176. The van der Waals surface area contributed by atoms with Crippen LogP contribution >= 0.6 is 0 Å². The second kappa shape index (κ2) is 14.3. The fourth-order valence-electron chi connectivity index (χ4n) is 5.09. The molecule has 0 aliphatic carbocycles. The summed E-state index contributed by atoms with van der Waals surface area (Å²) in [4.78, 5) is 29.2. The van der Waals surface area contributed by atoms with Crippen LogP contribution in [0.25, 0.3) is 10.8 Å². The van der Waals surface area contributed by atoms with E-state index in [1.165, 1.54) is 11.1 Å². The summed E-state index contributed by atoms with van der Waals surface area (Å²) in [6.45, 7) is 4.96. The number of amidine groups is 1. The molecule has 1 atom stereocenters. The van der Waals surface area contributed by atoms with Gasteiger partial charge in [-0.2, -0.15) is 4.72 Å². The first-order chi connectivity index (χ1) is 20.6. The van der Waals surface area contributed by atoms with Crippen LogP contribution in [0.2, 0.25) is 0 Å². The summed E-state index contributed by atoms with van der Waals surface area (Å²) in [5.41, 5.74) is 9.60. The topological polar surface area (TPSA) is 157 Å². The van der Waals surface area contributed by atoms with Crippen molar-refractivity contribution < 1.29 is 23.2 Å². The van der Waals surface area contributed by atoms with Crippen LogP contribution in [0, 0.1) is 5.92 Å². The van der Waals surface area contributed by atoms with E-state index in [-0.39, 0.29) is 35.6 Å². The predicted octanol–water partition coefficient (Wildman–Crippen LogP) is 4.16. The molecule has 3 amide bonds. The van der Waals surface area contributed by atoms with Crippen molar-refractivity contribution in [2.75, 3.05) is 13.1 Å². The molecule has 4 rings (SSSR count). The molecule has 3 aromatic carbocycles. The lowest BCUT2D eigenvalue weighted by atomic mass is 10.0. The van der Waals surface area contributed by atoms with Crippen molar-refractivity contribution in [3.8, 4) is 0 Å². The zero-order valence-corrected chi connectivity index (χ0v) is 25.4. The number of benzene rings is 3. The SMILES string of the molecule is CC(C)CC(NS(=O)(=O)c1ccc2ccccc2c1)C(=O)NN(Cc1ccc(/C(N)=N\O)cc1)C(=O)N1CCCCCC1. The molecule has 0 bridgehead atoms. The fraction of sp³-hybridized carbons (Fsp3) is 0.387. The van der Waals surface area contributed by atoms with Crippen molar-refractivity contribution in [3.05, 3.63) is 77.9 Å². The first-order valence-electron chi connectivity index (χ1n) is 14.5. The molecular weight excluding hydrogens is 568 g/mol. The summed E-state index contributed by atoms with van der Waals surface area (Å²) in [6.07, 6.45) is 4.00. The van der Waals surface area contributed by atoms with E-state index in [1.54, 1.807) is 41.3 Å². The average Bonchev–Trinajstić information content (AvgIpc) is 3.29. The van der Waals surface area contributed by atoms with Crippen molar-refractivity contribution in [3.63, 3.8) is 0 Å². The summed E-state index contributed by atoms with van der Waals surface area (Å²) in [7, 11) is -4.07. The van der Waals surface area contributed by atoms with Crippen LogP contribution in [0.15, 0.2) is 76.8 Å². The van der Waals surface area contributed by atoms with Crippen molar-refractivity contribution in [1.82, 2.24) is 20.1 Å². The number of carbonyl (C=O) groups excluding carboxylic acids is 2. The lowest BCUT2D eigenvalue weighted by Gasteiger charge is -2.31. The van der Waals surface area contributed by atoms with Crippen molar-refractivity contribution in [2.45, 2.75) is 63.4 Å². The molecule has 1 saturated heterocycles. The minimum Gasteiger partial charge on any atom is -0.409 e. The van der Waals surface area contributed by atoms with Crippen LogP contribution in [0.5, 0.6) is 0 Å². The molecule has 1 unspecified atom stereocenters. The van der Waals surface area contributed by atoms with Crippen LogP contribution < -0.4 is 15.9 Å². The van der Waals surface area contributed by atoms with Gasteiger partial charge in [0.1, 0.15) is 6.04 Å². The molecule has 1 fully saturated rings. The van der Waals surface area contributed by atoms with Gasteiger partial charge in [0.05, 0.1) is 11.4 Å². The van der Waals surface area contributed by atoms with Crippen molar-refractivity contribution >= 4 is 38.6 Å². The van der Waals surface area contributed by atoms with E-state index < -0.39 is 22.0 Å². The van der Waals surface area contributed by atoms with Gasteiger partial charge >= 0.3 is 6.03 Å².